The predicted octanol–water partition coefficient (Wildman–Crippen LogP) is 1.45. The van der Waals surface area contributed by atoms with E-state index in [-0.39, 0.29) is 17.5 Å². The van der Waals surface area contributed by atoms with Gasteiger partial charge in [0.05, 0.1) is 11.3 Å². The van der Waals surface area contributed by atoms with Gasteiger partial charge < -0.3 is 9.80 Å². The molecule has 2 aliphatic heterocycles. The molecule has 126 valence electrons. The average molecular weight is 345 g/mol. The second-order valence-electron chi connectivity index (χ2n) is 5.90. The number of hydrogen-bond acceptors (Lipinski definition) is 4. The fraction of sp³-hybridized carbons (Fsp3) is 0.294. The summed E-state index contributed by atoms with van der Waals surface area (Å²) in [7, 11) is -1.81. The standard InChI is InChI=1S/C17H19N3O3S/c1-13-6-3-4-7-14(13)12-19(2)17(21)15-8-5-9-20-10-11-24(22,23)18-16(15)20/h3-9H,10-12H2,1-2H3. The summed E-state index contributed by atoms with van der Waals surface area (Å²) in [6.07, 6.45) is 5.10. The summed E-state index contributed by atoms with van der Waals surface area (Å²) in [5.41, 5.74) is 2.46. The number of amides is 1. The lowest BCUT2D eigenvalue weighted by atomic mass is 10.1. The third kappa shape index (κ3) is 3.26. The topological polar surface area (TPSA) is 70.1 Å². The van der Waals surface area contributed by atoms with Crippen LogP contribution in [0.1, 0.15) is 11.1 Å². The number of aryl methyl sites for hydroxylation is 1. The van der Waals surface area contributed by atoms with Crippen LogP contribution in [-0.2, 0) is 21.4 Å². The van der Waals surface area contributed by atoms with Gasteiger partial charge in [-0.25, -0.2) is 8.42 Å². The molecule has 0 unspecified atom stereocenters. The summed E-state index contributed by atoms with van der Waals surface area (Å²) in [5, 5.41) is 0. The van der Waals surface area contributed by atoms with E-state index in [4.69, 9.17) is 0 Å². The van der Waals surface area contributed by atoms with Gasteiger partial charge in [0.2, 0.25) is 0 Å². The minimum absolute atomic E-state index is 0.0403. The van der Waals surface area contributed by atoms with Crippen molar-refractivity contribution in [3.8, 4) is 0 Å². The van der Waals surface area contributed by atoms with Gasteiger partial charge in [0, 0.05) is 26.3 Å². The molecule has 7 heteroatoms. The molecule has 0 N–H and O–H groups in total. The number of sulfonamides is 1. The van der Waals surface area contributed by atoms with E-state index in [1.54, 1.807) is 35.2 Å². The van der Waals surface area contributed by atoms with Gasteiger partial charge in [0.1, 0.15) is 0 Å². The Labute approximate surface area is 141 Å². The van der Waals surface area contributed by atoms with Crippen molar-refractivity contribution < 1.29 is 13.2 Å². The van der Waals surface area contributed by atoms with Crippen LogP contribution in [0.15, 0.2) is 52.6 Å². The molecule has 1 amide bonds. The zero-order valence-corrected chi connectivity index (χ0v) is 14.5. The zero-order valence-electron chi connectivity index (χ0n) is 13.6. The number of likely N-dealkylation sites (N-methyl/N-ethyl adjacent to an activating group) is 1. The van der Waals surface area contributed by atoms with Crippen molar-refractivity contribution in [2.75, 3.05) is 19.3 Å². The molecular weight excluding hydrogens is 326 g/mol. The Morgan fingerprint density at radius 1 is 1.33 bits per heavy atom. The van der Waals surface area contributed by atoms with Gasteiger partial charge in [-0.2, -0.15) is 0 Å². The van der Waals surface area contributed by atoms with Crippen LogP contribution in [0, 0.1) is 6.92 Å². The number of carbonyl (C=O) groups excluding carboxylic acids is 1. The minimum atomic E-state index is -3.51. The summed E-state index contributed by atoms with van der Waals surface area (Å²) < 4.78 is 27.4. The van der Waals surface area contributed by atoms with E-state index in [0.29, 0.717) is 18.7 Å². The number of allylic oxidation sites excluding steroid dienone is 2. The molecule has 0 fully saturated rings. The lowest BCUT2D eigenvalue weighted by Gasteiger charge is -2.30. The SMILES string of the molecule is Cc1ccccc1CN(C)C(=O)C1=CC=CN2CCS(=O)(=O)N=C12. The van der Waals surface area contributed by atoms with Crippen LogP contribution in [0.25, 0.3) is 0 Å². The summed E-state index contributed by atoms with van der Waals surface area (Å²) in [6, 6.07) is 7.86. The van der Waals surface area contributed by atoms with Crippen molar-refractivity contribution in [2.24, 2.45) is 4.40 Å². The second kappa shape index (κ2) is 6.24. The quantitative estimate of drug-likeness (QED) is 0.831. The molecule has 0 aliphatic carbocycles. The Balaban J connectivity index is 1.86. The van der Waals surface area contributed by atoms with Crippen LogP contribution in [0.4, 0.5) is 0 Å². The third-order valence-corrected chi connectivity index (χ3v) is 5.25. The van der Waals surface area contributed by atoms with Crippen LogP contribution in [-0.4, -0.2) is 49.3 Å². The molecule has 0 radical (unpaired) electrons. The molecule has 2 heterocycles. The Bertz CT molecular complexity index is 869. The first kappa shape index (κ1) is 16.4. The van der Waals surface area contributed by atoms with Gasteiger partial charge >= 0.3 is 0 Å². The minimum Gasteiger partial charge on any atom is -0.337 e. The maximum atomic E-state index is 12.8. The Hall–Kier alpha value is -2.41. The number of rotatable bonds is 3. The summed E-state index contributed by atoms with van der Waals surface area (Å²) >= 11 is 0. The number of carbonyl (C=O) groups is 1. The molecule has 0 aromatic heterocycles. The van der Waals surface area contributed by atoms with Gasteiger partial charge in [-0.3, -0.25) is 4.79 Å². The maximum Gasteiger partial charge on any atom is 0.257 e. The average Bonchev–Trinajstić information content (AvgIpc) is 2.55. The molecule has 3 rings (SSSR count). The van der Waals surface area contributed by atoms with Gasteiger partial charge in [0.25, 0.3) is 15.9 Å². The highest BCUT2D eigenvalue weighted by Crippen LogP contribution is 2.20. The fourth-order valence-corrected chi connectivity index (χ4v) is 3.69. The fourth-order valence-electron chi connectivity index (χ4n) is 2.70. The molecule has 24 heavy (non-hydrogen) atoms. The molecule has 1 aromatic carbocycles. The van der Waals surface area contributed by atoms with E-state index < -0.39 is 10.0 Å². The molecule has 6 nitrogen and oxygen atoms in total. The largest absolute Gasteiger partial charge is 0.337 e. The highest BCUT2D eigenvalue weighted by molar-refractivity contribution is 7.90. The summed E-state index contributed by atoms with van der Waals surface area (Å²) in [5.74, 6) is -0.0738. The molecule has 0 saturated carbocycles. The lowest BCUT2D eigenvalue weighted by Crippen LogP contribution is -2.42. The number of hydrogen-bond donors (Lipinski definition) is 0. The Morgan fingerprint density at radius 3 is 2.83 bits per heavy atom. The number of nitrogens with zero attached hydrogens (tertiary/aromatic N) is 3. The Morgan fingerprint density at radius 2 is 2.08 bits per heavy atom. The van der Waals surface area contributed by atoms with Gasteiger partial charge in [-0.15, -0.1) is 4.40 Å². The van der Waals surface area contributed by atoms with Crippen LogP contribution >= 0.6 is 0 Å². The van der Waals surface area contributed by atoms with Gasteiger partial charge in [-0.05, 0) is 30.2 Å². The van der Waals surface area contributed by atoms with Crippen molar-refractivity contribution in [1.82, 2.24) is 9.80 Å². The highest BCUT2D eigenvalue weighted by atomic mass is 32.2. The van der Waals surface area contributed by atoms with E-state index in [1.807, 2.05) is 31.2 Å². The molecule has 0 saturated heterocycles. The van der Waals surface area contributed by atoms with Crippen LogP contribution in [0.5, 0.6) is 0 Å². The molecular formula is C17H19N3O3S. The number of benzene rings is 1. The lowest BCUT2D eigenvalue weighted by molar-refractivity contribution is -0.125. The summed E-state index contributed by atoms with van der Waals surface area (Å²) in [4.78, 5) is 16.1. The van der Waals surface area contributed by atoms with Crippen molar-refractivity contribution >= 4 is 21.8 Å². The molecule has 0 spiro atoms. The maximum absolute atomic E-state index is 12.8. The van der Waals surface area contributed by atoms with Crippen molar-refractivity contribution in [3.63, 3.8) is 0 Å². The first-order valence-corrected chi connectivity index (χ1v) is 9.26. The van der Waals surface area contributed by atoms with E-state index in [0.717, 1.165) is 11.1 Å². The van der Waals surface area contributed by atoms with Crippen LogP contribution in [0.2, 0.25) is 0 Å². The molecule has 0 bridgehead atoms. The third-order valence-electron chi connectivity index (χ3n) is 4.10. The monoisotopic (exact) mass is 345 g/mol. The molecule has 0 atom stereocenters. The first-order chi connectivity index (χ1) is 11.4. The smallest absolute Gasteiger partial charge is 0.257 e. The van der Waals surface area contributed by atoms with Crippen molar-refractivity contribution in [1.29, 1.82) is 0 Å². The first-order valence-electron chi connectivity index (χ1n) is 7.65. The van der Waals surface area contributed by atoms with E-state index >= 15 is 0 Å². The summed E-state index contributed by atoms with van der Waals surface area (Å²) in [6.45, 7) is 2.76. The van der Waals surface area contributed by atoms with Gasteiger partial charge in [0.15, 0.2) is 5.84 Å². The van der Waals surface area contributed by atoms with E-state index in [9.17, 15) is 13.2 Å². The van der Waals surface area contributed by atoms with Crippen molar-refractivity contribution in [3.05, 3.63) is 59.3 Å². The number of amidine groups is 1. The van der Waals surface area contributed by atoms with Gasteiger partial charge in [-0.1, -0.05) is 24.3 Å². The molecule has 1 aromatic rings. The normalized spacial score (nSPS) is 18.5. The second-order valence-corrected chi connectivity index (χ2v) is 7.66. The van der Waals surface area contributed by atoms with E-state index in [1.165, 1.54) is 0 Å². The van der Waals surface area contributed by atoms with Crippen LogP contribution in [0.3, 0.4) is 0 Å². The predicted molar refractivity (Wildman–Crippen MR) is 92.8 cm³/mol. The Kier molecular flexibility index (Phi) is 4.28. The highest BCUT2D eigenvalue weighted by Gasteiger charge is 2.31. The molecule has 2 aliphatic rings. The van der Waals surface area contributed by atoms with Crippen molar-refractivity contribution in [2.45, 2.75) is 13.5 Å². The van der Waals surface area contributed by atoms with Crippen LogP contribution < -0.4 is 0 Å². The van der Waals surface area contributed by atoms with E-state index in [2.05, 4.69) is 4.40 Å². The number of fused-ring (bicyclic) bond motifs is 1. The zero-order chi connectivity index (χ0) is 17.3.